The highest BCUT2D eigenvalue weighted by Gasteiger charge is 2.16. The SMILES string of the molecule is CC(C#N)CC(=O)c1c(Cl)cccc1Cl. The van der Waals surface area contributed by atoms with Crippen molar-refractivity contribution in [3.05, 3.63) is 33.8 Å². The molecule has 15 heavy (non-hydrogen) atoms. The number of benzene rings is 1. The molecule has 0 aliphatic carbocycles. The topological polar surface area (TPSA) is 40.9 Å². The van der Waals surface area contributed by atoms with Gasteiger partial charge in [-0.1, -0.05) is 29.3 Å². The first-order chi connectivity index (χ1) is 7.06. The standard InChI is InChI=1S/C11H9Cl2NO/c1-7(6-14)5-10(15)11-8(12)3-2-4-9(11)13/h2-4,7H,5H2,1H3. The number of hydrogen-bond donors (Lipinski definition) is 0. The zero-order chi connectivity index (χ0) is 11.4. The summed E-state index contributed by atoms with van der Waals surface area (Å²) < 4.78 is 0. The minimum atomic E-state index is -0.329. The van der Waals surface area contributed by atoms with Gasteiger partial charge in [-0.15, -0.1) is 0 Å². The third-order valence-corrected chi connectivity index (χ3v) is 2.58. The second-order valence-electron chi connectivity index (χ2n) is 3.25. The fourth-order valence-electron chi connectivity index (χ4n) is 1.19. The van der Waals surface area contributed by atoms with E-state index in [1.54, 1.807) is 25.1 Å². The van der Waals surface area contributed by atoms with Crippen LogP contribution >= 0.6 is 23.2 Å². The Morgan fingerprint density at radius 2 is 2.00 bits per heavy atom. The van der Waals surface area contributed by atoms with E-state index in [4.69, 9.17) is 28.5 Å². The van der Waals surface area contributed by atoms with Gasteiger partial charge in [-0.25, -0.2) is 0 Å². The van der Waals surface area contributed by atoms with E-state index < -0.39 is 0 Å². The molecule has 0 aliphatic rings. The van der Waals surface area contributed by atoms with E-state index in [2.05, 4.69) is 0 Å². The van der Waals surface area contributed by atoms with E-state index in [1.165, 1.54) is 0 Å². The Bertz CT molecular complexity index is 403. The average molecular weight is 242 g/mol. The summed E-state index contributed by atoms with van der Waals surface area (Å²) >= 11 is 11.7. The minimum absolute atomic E-state index is 0.139. The Morgan fingerprint density at radius 3 is 2.47 bits per heavy atom. The van der Waals surface area contributed by atoms with Crippen molar-refractivity contribution in [1.82, 2.24) is 0 Å². The number of hydrogen-bond acceptors (Lipinski definition) is 2. The van der Waals surface area contributed by atoms with Crippen LogP contribution in [0, 0.1) is 17.2 Å². The van der Waals surface area contributed by atoms with Crippen molar-refractivity contribution in [2.24, 2.45) is 5.92 Å². The molecule has 78 valence electrons. The van der Waals surface area contributed by atoms with E-state index in [9.17, 15) is 4.79 Å². The van der Waals surface area contributed by atoms with Crippen LogP contribution in [-0.2, 0) is 0 Å². The molecular weight excluding hydrogens is 233 g/mol. The molecule has 1 unspecified atom stereocenters. The molecule has 0 spiro atoms. The molecule has 1 rings (SSSR count). The van der Waals surface area contributed by atoms with Gasteiger partial charge < -0.3 is 0 Å². The van der Waals surface area contributed by atoms with Crippen LogP contribution in [0.1, 0.15) is 23.7 Å². The smallest absolute Gasteiger partial charge is 0.167 e. The van der Waals surface area contributed by atoms with E-state index in [1.807, 2.05) is 6.07 Å². The first-order valence-electron chi connectivity index (χ1n) is 4.43. The summed E-state index contributed by atoms with van der Waals surface area (Å²) in [6, 6.07) is 6.89. The molecule has 0 aromatic heterocycles. The van der Waals surface area contributed by atoms with Crippen LogP contribution in [0.4, 0.5) is 0 Å². The fourth-order valence-corrected chi connectivity index (χ4v) is 1.80. The van der Waals surface area contributed by atoms with Crippen LogP contribution in [0.2, 0.25) is 10.0 Å². The molecule has 2 nitrogen and oxygen atoms in total. The lowest BCUT2D eigenvalue weighted by Crippen LogP contribution is -2.05. The number of halogens is 2. The zero-order valence-corrected chi connectivity index (χ0v) is 9.64. The molecule has 0 saturated heterocycles. The highest BCUT2D eigenvalue weighted by Crippen LogP contribution is 2.26. The van der Waals surface area contributed by atoms with E-state index >= 15 is 0 Å². The molecule has 0 N–H and O–H groups in total. The Kier molecular flexibility index (Phi) is 4.14. The summed E-state index contributed by atoms with van der Waals surface area (Å²) in [5.74, 6) is -0.524. The molecule has 0 heterocycles. The number of Topliss-reactive ketones (excluding diaryl/α,β-unsaturated/α-hetero) is 1. The van der Waals surface area contributed by atoms with E-state index in [-0.39, 0.29) is 18.1 Å². The molecule has 1 atom stereocenters. The lowest BCUT2D eigenvalue weighted by Gasteiger charge is -2.06. The van der Waals surface area contributed by atoms with Gasteiger partial charge in [0.2, 0.25) is 0 Å². The van der Waals surface area contributed by atoms with Gasteiger partial charge in [-0.2, -0.15) is 5.26 Å². The van der Waals surface area contributed by atoms with Crippen LogP contribution in [0.3, 0.4) is 0 Å². The molecule has 1 aromatic carbocycles. The number of carbonyl (C=O) groups excluding carboxylic acids is 1. The van der Waals surface area contributed by atoms with Gasteiger partial charge in [0.25, 0.3) is 0 Å². The van der Waals surface area contributed by atoms with Crippen LogP contribution in [0.25, 0.3) is 0 Å². The van der Waals surface area contributed by atoms with Crippen molar-refractivity contribution < 1.29 is 4.79 Å². The van der Waals surface area contributed by atoms with Crippen LogP contribution in [0.15, 0.2) is 18.2 Å². The van der Waals surface area contributed by atoms with Gasteiger partial charge in [0.05, 0.1) is 27.6 Å². The summed E-state index contributed by atoms with van der Waals surface area (Å²) in [6.45, 7) is 1.68. The van der Waals surface area contributed by atoms with Crippen molar-refractivity contribution in [1.29, 1.82) is 5.26 Å². The van der Waals surface area contributed by atoms with Crippen molar-refractivity contribution in [2.75, 3.05) is 0 Å². The first kappa shape index (κ1) is 12.0. The Labute approximate surface area is 98.4 Å². The van der Waals surface area contributed by atoms with Gasteiger partial charge in [-0.05, 0) is 19.1 Å². The summed E-state index contributed by atoms with van der Waals surface area (Å²) in [7, 11) is 0. The molecule has 0 amide bonds. The maximum atomic E-state index is 11.7. The molecule has 0 radical (unpaired) electrons. The highest BCUT2D eigenvalue weighted by molar-refractivity contribution is 6.39. The predicted octanol–water partition coefficient (Wildman–Crippen LogP) is 3.73. The second kappa shape index (κ2) is 5.16. The Balaban J connectivity index is 2.97. The van der Waals surface area contributed by atoms with Crippen molar-refractivity contribution in [2.45, 2.75) is 13.3 Å². The summed E-state index contributed by atoms with van der Waals surface area (Å²) in [5, 5.41) is 9.26. The quantitative estimate of drug-likeness (QED) is 0.757. The zero-order valence-electron chi connectivity index (χ0n) is 8.13. The van der Waals surface area contributed by atoms with Gasteiger partial charge in [0.15, 0.2) is 5.78 Å². The lowest BCUT2D eigenvalue weighted by molar-refractivity contribution is 0.0973. The monoisotopic (exact) mass is 241 g/mol. The summed E-state index contributed by atoms with van der Waals surface area (Å²) in [6.07, 6.45) is 0.139. The average Bonchev–Trinajstić information content (AvgIpc) is 2.17. The number of ketones is 1. The molecule has 0 saturated carbocycles. The summed E-state index contributed by atoms with van der Waals surface area (Å²) in [4.78, 5) is 11.7. The number of nitriles is 1. The summed E-state index contributed by atoms with van der Waals surface area (Å²) in [5.41, 5.74) is 0.308. The minimum Gasteiger partial charge on any atom is -0.294 e. The molecule has 0 fully saturated rings. The van der Waals surface area contributed by atoms with Gasteiger partial charge in [0, 0.05) is 6.42 Å². The number of rotatable bonds is 3. The fraction of sp³-hybridized carbons (Fsp3) is 0.273. The molecular formula is C11H9Cl2NO. The van der Waals surface area contributed by atoms with Crippen molar-refractivity contribution in [3.8, 4) is 6.07 Å². The van der Waals surface area contributed by atoms with E-state index in [0.717, 1.165) is 0 Å². The van der Waals surface area contributed by atoms with E-state index in [0.29, 0.717) is 15.6 Å². The largest absolute Gasteiger partial charge is 0.294 e. The van der Waals surface area contributed by atoms with Gasteiger partial charge in [-0.3, -0.25) is 4.79 Å². The first-order valence-corrected chi connectivity index (χ1v) is 5.18. The number of nitrogens with zero attached hydrogens (tertiary/aromatic N) is 1. The van der Waals surface area contributed by atoms with Gasteiger partial charge in [0.1, 0.15) is 0 Å². The van der Waals surface area contributed by atoms with Crippen LogP contribution in [0.5, 0.6) is 0 Å². The molecule has 0 bridgehead atoms. The highest BCUT2D eigenvalue weighted by atomic mass is 35.5. The Morgan fingerprint density at radius 1 is 1.47 bits per heavy atom. The van der Waals surface area contributed by atoms with Crippen molar-refractivity contribution in [3.63, 3.8) is 0 Å². The predicted molar refractivity (Wildman–Crippen MR) is 60.2 cm³/mol. The number of carbonyl (C=O) groups is 1. The van der Waals surface area contributed by atoms with Crippen LogP contribution < -0.4 is 0 Å². The van der Waals surface area contributed by atoms with Crippen molar-refractivity contribution >= 4 is 29.0 Å². The molecule has 4 heteroatoms. The molecule has 0 aliphatic heterocycles. The lowest BCUT2D eigenvalue weighted by atomic mass is 10.0. The molecule has 1 aromatic rings. The third kappa shape index (κ3) is 2.95. The maximum Gasteiger partial charge on any atom is 0.167 e. The maximum absolute atomic E-state index is 11.7. The second-order valence-corrected chi connectivity index (χ2v) is 4.07. The Hall–Kier alpha value is -1.04. The third-order valence-electron chi connectivity index (χ3n) is 1.95. The van der Waals surface area contributed by atoms with Gasteiger partial charge >= 0.3 is 0 Å². The van der Waals surface area contributed by atoms with Crippen LogP contribution in [-0.4, -0.2) is 5.78 Å². The normalized spacial score (nSPS) is 11.9.